The Labute approximate surface area is 291 Å². The van der Waals surface area contributed by atoms with Gasteiger partial charge in [0.15, 0.2) is 0 Å². The highest BCUT2D eigenvalue weighted by atomic mass is 32.1. The summed E-state index contributed by atoms with van der Waals surface area (Å²) in [6.45, 7) is 0. The van der Waals surface area contributed by atoms with Crippen molar-refractivity contribution in [2.75, 3.05) is 4.90 Å². The number of hydrogen-bond acceptors (Lipinski definition) is 3. The van der Waals surface area contributed by atoms with Crippen LogP contribution in [0.3, 0.4) is 0 Å². The third kappa shape index (κ3) is 3.91. The molecule has 0 fully saturated rings. The first-order chi connectivity index (χ1) is 24.8. The first-order valence-electron chi connectivity index (χ1n) is 16.9. The van der Waals surface area contributed by atoms with Crippen molar-refractivity contribution in [3.05, 3.63) is 170 Å². The SMILES string of the molecule is c1ccc(-n2c3ccccc3c3cccc(N(c4ccc5c(ccc6c7ccccc7oc56)c4)c4cccc5c4sc4ccccc45)c32)cc1. The summed E-state index contributed by atoms with van der Waals surface area (Å²) < 4.78 is 11.4. The lowest BCUT2D eigenvalue weighted by molar-refractivity contribution is 0.672. The van der Waals surface area contributed by atoms with Gasteiger partial charge in [-0.15, -0.1) is 11.3 Å². The second-order valence-electron chi connectivity index (χ2n) is 12.9. The summed E-state index contributed by atoms with van der Waals surface area (Å²) in [5, 5.41) is 9.55. The maximum Gasteiger partial charge on any atom is 0.143 e. The van der Waals surface area contributed by atoms with Crippen LogP contribution in [0.25, 0.3) is 80.4 Å². The van der Waals surface area contributed by atoms with E-state index in [4.69, 9.17) is 4.42 Å². The Kier molecular flexibility index (Phi) is 5.83. The molecule has 0 aliphatic carbocycles. The van der Waals surface area contributed by atoms with Gasteiger partial charge in [-0.3, -0.25) is 0 Å². The van der Waals surface area contributed by atoms with Crippen molar-refractivity contribution in [3.63, 3.8) is 0 Å². The molecular formula is C46H28N2OS. The van der Waals surface area contributed by atoms with Crippen molar-refractivity contribution >= 4 is 103 Å². The van der Waals surface area contributed by atoms with Crippen LogP contribution in [-0.2, 0) is 0 Å². The first kappa shape index (κ1) is 27.6. The van der Waals surface area contributed by atoms with Gasteiger partial charge >= 0.3 is 0 Å². The van der Waals surface area contributed by atoms with Crippen molar-refractivity contribution in [3.8, 4) is 5.69 Å². The first-order valence-corrected chi connectivity index (χ1v) is 17.8. The van der Waals surface area contributed by atoms with E-state index in [0.717, 1.165) is 55.5 Å². The predicted molar refractivity (Wildman–Crippen MR) is 213 cm³/mol. The van der Waals surface area contributed by atoms with Gasteiger partial charge in [-0.05, 0) is 72.1 Å². The average molecular weight is 657 g/mol. The van der Waals surface area contributed by atoms with E-state index in [1.807, 2.05) is 17.4 Å². The van der Waals surface area contributed by atoms with E-state index in [2.05, 4.69) is 173 Å². The maximum absolute atomic E-state index is 6.47. The van der Waals surface area contributed by atoms with Crippen molar-refractivity contribution < 1.29 is 4.42 Å². The number of anilines is 3. The van der Waals surface area contributed by atoms with Gasteiger partial charge in [-0.1, -0.05) is 103 Å². The summed E-state index contributed by atoms with van der Waals surface area (Å²) >= 11 is 1.86. The van der Waals surface area contributed by atoms with E-state index in [0.29, 0.717) is 0 Å². The molecule has 0 unspecified atom stereocenters. The number of fused-ring (bicyclic) bond motifs is 11. The minimum absolute atomic E-state index is 0.914. The Morgan fingerprint density at radius 2 is 1.18 bits per heavy atom. The summed E-state index contributed by atoms with van der Waals surface area (Å²) in [4.78, 5) is 2.47. The zero-order chi connectivity index (χ0) is 32.8. The van der Waals surface area contributed by atoms with Crippen molar-refractivity contribution in [1.29, 1.82) is 0 Å². The minimum atomic E-state index is 0.914. The molecule has 8 aromatic carbocycles. The fourth-order valence-corrected chi connectivity index (χ4v) is 9.19. The molecule has 11 rings (SSSR count). The molecule has 0 bridgehead atoms. The van der Waals surface area contributed by atoms with Crippen LogP contribution in [0, 0.1) is 0 Å². The average Bonchev–Trinajstić information content (AvgIpc) is 3.86. The Morgan fingerprint density at radius 3 is 2.08 bits per heavy atom. The molecule has 3 heterocycles. The van der Waals surface area contributed by atoms with E-state index in [1.54, 1.807) is 0 Å². The van der Waals surface area contributed by atoms with E-state index in [1.165, 1.54) is 42.0 Å². The predicted octanol–water partition coefficient (Wildman–Crippen LogP) is 13.7. The lowest BCUT2D eigenvalue weighted by Crippen LogP contribution is -2.12. The molecule has 4 heteroatoms. The zero-order valence-corrected chi connectivity index (χ0v) is 27.7. The molecule has 234 valence electrons. The molecule has 0 aliphatic rings. The smallest absolute Gasteiger partial charge is 0.143 e. The van der Waals surface area contributed by atoms with Crippen molar-refractivity contribution in [1.82, 2.24) is 4.57 Å². The van der Waals surface area contributed by atoms with Crippen LogP contribution in [0.5, 0.6) is 0 Å². The molecule has 0 aliphatic heterocycles. The highest BCUT2D eigenvalue weighted by molar-refractivity contribution is 7.26. The van der Waals surface area contributed by atoms with Gasteiger partial charge < -0.3 is 13.9 Å². The lowest BCUT2D eigenvalue weighted by atomic mass is 10.0. The van der Waals surface area contributed by atoms with Crippen LogP contribution >= 0.6 is 11.3 Å². The van der Waals surface area contributed by atoms with Crippen LogP contribution in [0.2, 0.25) is 0 Å². The molecule has 0 atom stereocenters. The number of rotatable bonds is 4. The molecule has 50 heavy (non-hydrogen) atoms. The fourth-order valence-electron chi connectivity index (χ4n) is 7.98. The molecule has 0 spiro atoms. The molecule has 3 nitrogen and oxygen atoms in total. The highest BCUT2D eigenvalue weighted by Gasteiger charge is 2.24. The Balaban J connectivity index is 1.25. The Bertz CT molecular complexity index is 3110. The quantitative estimate of drug-likeness (QED) is 0.188. The molecule has 0 amide bonds. The van der Waals surface area contributed by atoms with Gasteiger partial charge in [0.25, 0.3) is 0 Å². The summed E-state index contributed by atoms with van der Waals surface area (Å²) in [6, 6.07) is 61.3. The topological polar surface area (TPSA) is 21.3 Å². The van der Waals surface area contributed by atoms with Crippen LogP contribution < -0.4 is 4.90 Å². The van der Waals surface area contributed by atoms with E-state index >= 15 is 0 Å². The third-order valence-electron chi connectivity index (χ3n) is 10.2. The summed E-state index contributed by atoms with van der Waals surface area (Å²) in [7, 11) is 0. The number of aromatic nitrogens is 1. The molecule has 11 aromatic rings. The van der Waals surface area contributed by atoms with Gasteiger partial charge in [-0.2, -0.15) is 0 Å². The Morgan fingerprint density at radius 1 is 0.480 bits per heavy atom. The minimum Gasteiger partial charge on any atom is -0.455 e. The van der Waals surface area contributed by atoms with Crippen LogP contribution in [-0.4, -0.2) is 4.57 Å². The van der Waals surface area contributed by atoms with E-state index in [-0.39, 0.29) is 0 Å². The van der Waals surface area contributed by atoms with Gasteiger partial charge in [0.2, 0.25) is 0 Å². The second-order valence-corrected chi connectivity index (χ2v) is 13.9. The van der Waals surface area contributed by atoms with E-state index < -0.39 is 0 Å². The largest absolute Gasteiger partial charge is 0.455 e. The second kappa shape index (κ2) is 10.6. The van der Waals surface area contributed by atoms with Crippen LogP contribution in [0.1, 0.15) is 0 Å². The molecule has 0 saturated heterocycles. The van der Waals surface area contributed by atoms with Gasteiger partial charge in [0.05, 0.1) is 27.1 Å². The molecule has 3 aromatic heterocycles. The Hall–Kier alpha value is -6.36. The fraction of sp³-hybridized carbons (Fsp3) is 0. The van der Waals surface area contributed by atoms with Gasteiger partial charge in [-0.25, -0.2) is 0 Å². The number of benzene rings is 8. The van der Waals surface area contributed by atoms with Gasteiger partial charge in [0, 0.05) is 53.8 Å². The van der Waals surface area contributed by atoms with Crippen LogP contribution in [0.15, 0.2) is 174 Å². The molecular weight excluding hydrogens is 629 g/mol. The van der Waals surface area contributed by atoms with Crippen LogP contribution in [0.4, 0.5) is 17.1 Å². The standard InChI is InChI=1S/C46H28N2OS/c1-2-12-30(13-3-1)48-39-19-7-4-14-33(39)36-17-10-20-40(44(36)48)47(41-21-11-18-38-35-16-6-9-23-43(35)50-46(38)41)31-25-27-32-29(28-31)24-26-37-34-15-5-8-22-42(34)49-45(32)37/h1-28H. The number of nitrogens with zero attached hydrogens (tertiary/aromatic N) is 2. The summed E-state index contributed by atoms with van der Waals surface area (Å²) in [6.07, 6.45) is 0. The number of hydrogen-bond donors (Lipinski definition) is 0. The van der Waals surface area contributed by atoms with E-state index in [9.17, 15) is 0 Å². The van der Waals surface area contributed by atoms with Crippen molar-refractivity contribution in [2.45, 2.75) is 0 Å². The lowest BCUT2D eigenvalue weighted by Gasteiger charge is -2.28. The summed E-state index contributed by atoms with van der Waals surface area (Å²) in [5.74, 6) is 0. The van der Waals surface area contributed by atoms with Gasteiger partial charge in [0.1, 0.15) is 11.2 Å². The highest BCUT2D eigenvalue weighted by Crippen LogP contribution is 2.48. The number of para-hydroxylation sites is 4. The number of thiophene rings is 1. The summed E-state index contributed by atoms with van der Waals surface area (Å²) in [5.41, 5.74) is 8.71. The number of furan rings is 1. The zero-order valence-electron chi connectivity index (χ0n) is 26.9. The third-order valence-corrected chi connectivity index (χ3v) is 11.4. The molecule has 0 N–H and O–H groups in total. The molecule has 0 saturated carbocycles. The molecule has 0 radical (unpaired) electrons. The normalized spacial score (nSPS) is 12.0. The monoisotopic (exact) mass is 656 g/mol. The van der Waals surface area contributed by atoms with Crippen molar-refractivity contribution in [2.24, 2.45) is 0 Å². The maximum atomic E-state index is 6.47.